The van der Waals surface area contributed by atoms with E-state index in [1.807, 2.05) is 60.8 Å². The highest BCUT2D eigenvalue weighted by Gasteiger charge is 2.04. The summed E-state index contributed by atoms with van der Waals surface area (Å²) in [5, 5.41) is 8.34. The zero-order valence-electron chi connectivity index (χ0n) is 17.0. The second-order valence-corrected chi connectivity index (χ2v) is 8.93. The topological polar surface area (TPSA) is 57.0 Å². The predicted molar refractivity (Wildman–Crippen MR) is 132 cm³/mol. The van der Waals surface area contributed by atoms with Crippen LogP contribution in [0.5, 0.6) is 5.75 Å². The lowest BCUT2D eigenvalue weighted by Crippen LogP contribution is -2.00. The molecule has 0 atom stereocenters. The number of ether oxygens (including phenoxy) is 1. The van der Waals surface area contributed by atoms with E-state index in [2.05, 4.69) is 48.2 Å². The molecule has 0 saturated heterocycles. The van der Waals surface area contributed by atoms with Gasteiger partial charge in [-0.25, -0.2) is 4.68 Å². The van der Waals surface area contributed by atoms with Crippen LogP contribution in [0.15, 0.2) is 94.0 Å². The van der Waals surface area contributed by atoms with Crippen LogP contribution in [0.1, 0.15) is 27.2 Å². The molecule has 1 aromatic heterocycles. The highest BCUT2D eigenvalue weighted by atomic mass is 79.9. The van der Waals surface area contributed by atoms with Gasteiger partial charge in [-0.1, -0.05) is 67.4 Å². The lowest BCUT2D eigenvalue weighted by molar-refractivity contribution is 0.104. The Morgan fingerprint density at radius 2 is 1.75 bits per heavy atom. The number of halogens is 2. The fraction of sp³-hybridized carbons (Fsp3) is 0.0800. The van der Waals surface area contributed by atoms with Gasteiger partial charge in [-0.05, 0) is 65.7 Å². The number of hydrogen-bond acceptors (Lipinski definition) is 4. The van der Waals surface area contributed by atoms with E-state index in [9.17, 15) is 4.79 Å². The lowest BCUT2D eigenvalue weighted by atomic mass is 10.1. The minimum atomic E-state index is -0.0382. The standard InChI is InChI=1S/C25H19Br2N3O2/c26-21-9-7-20(8-10-21)25(31)13-6-18-4-11-24(12-5-18)32-17-23-16-30(29-28-23)15-19-2-1-3-22(27)14-19/h1-14,16H,15,17H2/b13-6+. The molecule has 0 amide bonds. The number of allylic oxidation sites excluding steroid dienone is 1. The van der Waals surface area contributed by atoms with E-state index >= 15 is 0 Å². The third-order valence-electron chi connectivity index (χ3n) is 4.64. The molecule has 5 nitrogen and oxygen atoms in total. The summed E-state index contributed by atoms with van der Waals surface area (Å²) >= 11 is 6.85. The minimum Gasteiger partial charge on any atom is -0.487 e. The summed E-state index contributed by atoms with van der Waals surface area (Å²) in [4.78, 5) is 12.2. The van der Waals surface area contributed by atoms with Gasteiger partial charge < -0.3 is 4.74 Å². The molecule has 0 radical (unpaired) electrons. The first-order valence-corrected chi connectivity index (χ1v) is 11.5. The molecule has 0 N–H and O–H groups in total. The molecule has 4 aromatic rings. The lowest BCUT2D eigenvalue weighted by Gasteiger charge is -2.04. The minimum absolute atomic E-state index is 0.0382. The SMILES string of the molecule is O=C(/C=C/c1ccc(OCc2cn(Cc3cccc(Br)c3)nn2)cc1)c1ccc(Br)cc1. The maximum atomic E-state index is 12.2. The maximum Gasteiger partial charge on any atom is 0.185 e. The van der Waals surface area contributed by atoms with Crippen LogP contribution in [0, 0.1) is 0 Å². The molecule has 0 fully saturated rings. The van der Waals surface area contributed by atoms with Gasteiger partial charge in [0.2, 0.25) is 0 Å². The summed E-state index contributed by atoms with van der Waals surface area (Å²) in [5.74, 6) is 0.687. The number of carbonyl (C=O) groups excluding carboxylic acids is 1. The summed E-state index contributed by atoms with van der Waals surface area (Å²) in [6.45, 7) is 0.974. The normalized spacial score (nSPS) is 11.1. The first kappa shape index (κ1) is 22.2. The number of hydrogen-bond donors (Lipinski definition) is 0. The first-order valence-electron chi connectivity index (χ1n) is 9.89. The fourth-order valence-electron chi connectivity index (χ4n) is 3.02. The second kappa shape index (κ2) is 10.5. The van der Waals surface area contributed by atoms with Crippen molar-refractivity contribution in [3.8, 4) is 5.75 Å². The van der Waals surface area contributed by atoms with Gasteiger partial charge >= 0.3 is 0 Å². The summed E-state index contributed by atoms with van der Waals surface area (Å²) in [5.41, 5.74) is 3.46. The summed E-state index contributed by atoms with van der Waals surface area (Å²) in [6, 6.07) is 22.9. The van der Waals surface area contributed by atoms with Crippen molar-refractivity contribution < 1.29 is 9.53 Å². The summed E-state index contributed by atoms with van der Waals surface area (Å²) < 4.78 is 9.59. The molecule has 32 heavy (non-hydrogen) atoms. The van der Waals surface area contributed by atoms with Gasteiger partial charge in [0.1, 0.15) is 18.1 Å². The van der Waals surface area contributed by atoms with Crippen LogP contribution in [-0.4, -0.2) is 20.8 Å². The number of nitrogens with zero attached hydrogens (tertiary/aromatic N) is 3. The van der Waals surface area contributed by atoms with Gasteiger partial charge in [-0.15, -0.1) is 5.10 Å². The number of aromatic nitrogens is 3. The molecular weight excluding hydrogens is 534 g/mol. The van der Waals surface area contributed by atoms with Gasteiger partial charge in [-0.2, -0.15) is 0 Å². The zero-order valence-corrected chi connectivity index (χ0v) is 20.2. The van der Waals surface area contributed by atoms with Crippen molar-refractivity contribution in [3.63, 3.8) is 0 Å². The predicted octanol–water partition coefficient (Wildman–Crippen LogP) is 6.33. The Morgan fingerprint density at radius 3 is 2.50 bits per heavy atom. The Hall–Kier alpha value is -3.03. The second-order valence-electron chi connectivity index (χ2n) is 7.10. The van der Waals surface area contributed by atoms with Crippen molar-refractivity contribution >= 4 is 43.7 Å². The molecular formula is C25H19Br2N3O2. The Balaban J connectivity index is 1.30. The van der Waals surface area contributed by atoms with Gasteiger partial charge in [-0.3, -0.25) is 4.79 Å². The molecule has 0 saturated carbocycles. The van der Waals surface area contributed by atoms with Crippen molar-refractivity contribution in [1.82, 2.24) is 15.0 Å². The van der Waals surface area contributed by atoms with Crippen LogP contribution in [0.4, 0.5) is 0 Å². The van der Waals surface area contributed by atoms with E-state index in [1.54, 1.807) is 29.0 Å². The van der Waals surface area contributed by atoms with Gasteiger partial charge in [0.15, 0.2) is 5.78 Å². The van der Waals surface area contributed by atoms with E-state index < -0.39 is 0 Å². The van der Waals surface area contributed by atoms with E-state index in [0.29, 0.717) is 18.7 Å². The molecule has 1 heterocycles. The van der Waals surface area contributed by atoms with E-state index in [4.69, 9.17) is 4.74 Å². The molecule has 0 aliphatic carbocycles. The fourth-order valence-corrected chi connectivity index (χ4v) is 3.73. The van der Waals surface area contributed by atoms with Crippen LogP contribution in [0.25, 0.3) is 6.08 Å². The van der Waals surface area contributed by atoms with Crippen LogP contribution in [0.3, 0.4) is 0 Å². The van der Waals surface area contributed by atoms with Crippen LogP contribution < -0.4 is 4.74 Å². The molecule has 0 aliphatic rings. The van der Waals surface area contributed by atoms with Crippen LogP contribution in [0.2, 0.25) is 0 Å². The Kier molecular flexibility index (Phi) is 7.29. The average molecular weight is 553 g/mol. The summed E-state index contributed by atoms with van der Waals surface area (Å²) in [6.07, 6.45) is 5.25. The first-order chi connectivity index (χ1) is 15.5. The smallest absolute Gasteiger partial charge is 0.185 e. The number of rotatable bonds is 8. The van der Waals surface area contributed by atoms with Crippen molar-refractivity contribution in [2.75, 3.05) is 0 Å². The van der Waals surface area contributed by atoms with Gasteiger partial charge in [0.05, 0.1) is 12.7 Å². The Labute approximate surface area is 203 Å². The number of benzene rings is 3. The molecule has 160 valence electrons. The van der Waals surface area contributed by atoms with Gasteiger partial charge in [0.25, 0.3) is 0 Å². The molecule has 0 aliphatic heterocycles. The van der Waals surface area contributed by atoms with E-state index in [-0.39, 0.29) is 5.78 Å². The highest BCUT2D eigenvalue weighted by molar-refractivity contribution is 9.10. The van der Waals surface area contributed by atoms with Gasteiger partial charge in [0, 0.05) is 14.5 Å². The number of carbonyl (C=O) groups is 1. The molecule has 7 heteroatoms. The van der Waals surface area contributed by atoms with Crippen molar-refractivity contribution in [2.24, 2.45) is 0 Å². The molecule has 0 bridgehead atoms. The maximum absolute atomic E-state index is 12.2. The van der Waals surface area contributed by atoms with E-state index in [0.717, 1.165) is 31.5 Å². The molecule has 3 aromatic carbocycles. The van der Waals surface area contributed by atoms with Crippen LogP contribution >= 0.6 is 31.9 Å². The molecule has 0 unspecified atom stereocenters. The third-order valence-corrected chi connectivity index (χ3v) is 5.66. The highest BCUT2D eigenvalue weighted by Crippen LogP contribution is 2.16. The molecule has 0 spiro atoms. The zero-order chi connectivity index (χ0) is 22.3. The quantitative estimate of drug-likeness (QED) is 0.189. The number of ketones is 1. The monoisotopic (exact) mass is 551 g/mol. The molecule has 4 rings (SSSR count). The van der Waals surface area contributed by atoms with E-state index in [1.165, 1.54) is 0 Å². The van der Waals surface area contributed by atoms with Crippen molar-refractivity contribution in [2.45, 2.75) is 13.2 Å². The third kappa shape index (κ3) is 6.24. The van der Waals surface area contributed by atoms with Crippen LogP contribution in [-0.2, 0) is 13.2 Å². The Morgan fingerprint density at radius 1 is 0.969 bits per heavy atom. The Bertz CT molecular complexity index is 1230. The summed E-state index contributed by atoms with van der Waals surface area (Å²) in [7, 11) is 0. The van der Waals surface area contributed by atoms with Crippen molar-refractivity contribution in [3.05, 3.63) is 116 Å². The largest absolute Gasteiger partial charge is 0.487 e. The average Bonchev–Trinajstić information content (AvgIpc) is 3.24. The van der Waals surface area contributed by atoms with Crippen molar-refractivity contribution in [1.29, 1.82) is 0 Å².